The highest BCUT2D eigenvalue weighted by atomic mass is 16.4. The summed E-state index contributed by atoms with van der Waals surface area (Å²) in [7, 11) is 0. The molecule has 3 aromatic carbocycles. The number of carbonyl (C=O) groups is 2. The van der Waals surface area contributed by atoms with Crippen LogP contribution in [-0.2, 0) is 10.2 Å². The van der Waals surface area contributed by atoms with Gasteiger partial charge in [0.2, 0.25) is 0 Å². The van der Waals surface area contributed by atoms with E-state index in [1.165, 1.54) is 11.6 Å². The Hall–Kier alpha value is -4.12. The first-order valence-corrected chi connectivity index (χ1v) is 10.6. The van der Waals surface area contributed by atoms with Crippen LogP contribution in [0, 0.1) is 0 Å². The van der Waals surface area contributed by atoms with Gasteiger partial charge in [-0.25, -0.2) is 9.59 Å². The third-order valence-electron chi connectivity index (χ3n) is 5.67. The fourth-order valence-electron chi connectivity index (χ4n) is 3.90. The van der Waals surface area contributed by atoms with E-state index in [9.17, 15) is 14.7 Å². The molecule has 0 atom stereocenters. The summed E-state index contributed by atoms with van der Waals surface area (Å²) >= 11 is 0. The standard InChI is InChI=1S/C28H25NO4/c1-28(2,3)22-10-7-19(8-11-22)20-9-14-24-21(16-20)17-25(27(32)33)29(24)23-12-4-18(5-13-23)6-15-26(30)31/h4-17H,1-3H3,(H,30,31)(H,32,33)/b15-6+. The molecular weight excluding hydrogens is 414 g/mol. The molecule has 0 fully saturated rings. The van der Waals surface area contributed by atoms with Crippen molar-refractivity contribution >= 4 is 28.9 Å². The second-order valence-electron chi connectivity index (χ2n) is 9.03. The molecule has 5 nitrogen and oxygen atoms in total. The van der Waals surface area contributed by atoms with E-state index in [0.717, 1.165) is 33.7 Å². The van der Waals surface area contributed by atoms with Crippen LogP contribution in [0.1, 0.15) is 42.4 Å². The van der Waals surface area contributed by atoms with Crippen LogP contribution in [0.2, 0.25) is 0 Å². The van der Waals surface area contributed by atoms with Crippen molar-refractivity contribution in [1.82, 2.24) is 4.57 Å². The lowest BCUT2D eigenvalue weighted by atomic mass is 9.86. The number of aliphatic carboxylic acids is 1. The van der Waals surface area contributed by atoms with Crippen molar-refractivity contribution in [2.75, 3.05) is 0 Å². The monoisotopic (exact) mass is 439 g/mol. The number of carboxylic acids is 2. The minimum absolute atomic E-state index is 0.0784. The third kappa shape index (κ3) is 4.58. The van der Waals surface area contributed by atoms with Crippen molar-refractivity contribution < 1.29 is 19.8 Å². The van der Waals surface area contributed by atoms with Gasteiger partial charge in [0.05, 0.1) is 5.52 Å². The molecule has 1 heterocycles. The maximum Gasteiger partial charge on any atom is 0.352 e. The van der Waals surface area contributed by atoms with E-state index in [4.69, 9.17) is 5.11 Å². The van der Waals surface area contributed by atoms with Gasteiger partial charge in [-0.2, -0.15) is 0 Å². The van der Waals surface area contributed by atoms with Crippen LogP contribution in [0.5, 0.6) is 0 Å². The summed E-state index contributed by atoms with van der Waals surface area (Å²) in [5.74, 6) is -2.04. The molecule has 1 aromatic heterocycles. The maximum atomic E-state index is 12.0. The predicted molar refractivity (Wildman–Crippen MR) is 131 cm³/mol. The summed E-state index contributed by atoms with van der Waals surface area (Å²) in [4.78, 5) is 22.7. The minimum Gasteiger partial charge on any atom is -0.478 e. The highest BCUT2D eigenvalue weighted by Gasteiger charge is 2.17. The molecule has 0 aliphatic rings. The van der Waals surface area contributed by atoms with E-state index >= 15 is 0 Å². The number of aromatic nitrogens is 1. The Labute approximate surface area is 192 Å². The zero-order valence-electron chi connectivity index (χ0n) is 18.7. The summed E-state index contributed by atoms with van der Waals surface area (Å²) in [5, 5.41) is 19.4. The summed E-state index contributed by atoms with van der Waals surface area (Å²) in [6.07, 6.45) is 2.56. The van der Waals surface area contributed by atoms with E-state index in [2.05, 4.69) is 45.0 Å². The number of rotatable bonds is 5. The second-order valence-corrected chi connectivity index (χ2v) is 9.03. The Bertz CT molecular complexity index is 1370. The number of aromatic carboxylic acids is 1. The molecule has 0 amide bonds. The van der Waals surface area contributed by atoms with Gasteiger partial charge in [0.25, 0.3) is 0 Å². The van der Waals surface area contributed by atoms with Crippen LogP contribution in [0.3, 0.4) is 0 Å². The number of benzene rings is 3. The summed E-state index contributed by atoms with van der Waals surface area (Å²) in [6, 6.07) is 23.2. The number of carboxylic acid groups (broad SMARTS) is 2. The lowest BCUT2D eigenvalue weighted by Crippen LogP contribution is -2.10. The molecule has 4 rings (SSSR count). The zero-order valence-corrected chi connectivity index (χ0v) is 18.7. The number of nitrogens with zero attached hydrogens (tertiary/aromatic N) is 1. The molecule has 0 saturated heterocycles. The van der Waals surface area contributed by atoms with Crippen molar-refractivity contribution in [2.24, 2.45) is 0 Å². The molecule has 33 heavy (non-hydrogen) atoms. The average molecular weight is 440 g/mol. The molecule has 0 spiro atoms. The molecule has 0 bridgehead atoms. The van der Waals surface area contributed by atoms with Crippen LogP contribution in [-0.4, -0.2) is 26.7 Å². The minimum atomic E-state index is -1.02. The van der Waals surface area contributed by atoms with Gasteiger partial charge in [-0.1, -0.05) is 63.2 Å². The van der Waals surface area contributed by atoms with Crippen molar-refractivity contribution in [2.45, 2.75) is 26.2 Å². The van der Waals surface area contributed by atoms with Crippen LogP contribution in [0.15, 0.2) is 78.9 Å². The lowest BCUT2D eigenvalue weighted by Gasteiger charge is -2.19. The molecule has 0 aliphatic heterocycles. The van der Waals surface area contributed by atoms with E-state index in [1.54, 1.807) is 34.9 Å². The maximum absolute atomic E-state index is 12.0. The largest absolute Gasteiger partial charge is 0.478 e. The molecule has 0 radical (unpaired) electrons. The van der Waals surface area contributed by atoms with Crippen LogP contribution in [0.25, 0.3) is 33.8 Å². The van der Waals surface area contributed by atoms with Crippen molar-refractivity contribution in [3.63, 3.8) is 0 Å². The highest BCUT2D eigenvalue weighted by molar-refractivity contribution is 5.97. The second kappa shape index (κ2) is 8.43. The Balaban J connectivity index is 1.76. The van der Waals surface area contributed by atoms with Crippen LogP contribution < -0.4 is 0 Å². The van der Waals surface area contributed by atoms with Gasteiger partial charge in [0, 0.05) is 17.1 Å². The molecular formula is C28H25NO4. The van der Waals surface area contributed by atoms with Gasteiger partial charge in [-0.3, -0.25) is 0 Å². The van der Waals surface area contributed by atoms with E-state index in [1.807, 2.05) is 18.2 Å². The molecule has 4 aromatic rings. The summed E-state index contributed by atoms with van der Waals surface area (Å²) < 4.78 is 1.70. The summed E-state index contributed by atoms with van der Waals surface area (Å²) in [5.41, 5.74) is 5.79. The van der Waals surface area contributed by atoms with E-state index in [0.29, 0.717) is 5.69 Å². The van der Waals surface area contributed by atoms with E-state index in [-0.39, 0.29) is 11.1 Å². The first-order chi connectivity index (χ1) is 15.6. The lowest BCUT2D eigenvalue weighted by molar-refractivity contribution is -0.131. The smallest absolute Gasteiger partial charge is 0.352 e. The number of fused-ring (bicyclic) bond motifs is 1. The van der Waals surface area contributed by atoms with Crippen molar-refractivity contribution in [1.29, 1.82) is 0 Å². The topological polar surface area (TPSA) is 79.5 Å². The summed E-state index contributed by atoms with van der Waals surface area (Å²) in [6.45, 7) is 6.54. The Morgan fingerprint density at radius 3 is 2.03 bits per heavy atom. The molecule has 0 unspecified atom stereocenters. The SMILES string of the molecule is CC(C)(C)c1ccc(-c2ccc3c(c2)cc(C(=O)O)n3-c2ccc(/C=C/C(=O)O)cc2)cc1. The fourth-order valence-corrected chi connectivity index (χ4v) is 3.90. The van der Waals surface area contributed by atoms with Gasteiger partial charge in [-0.05, 0) is 64.1 Å². The highest BCUT2D eigenvalue weighted by Crippen LogP contribution is 2.31. The normalized spacial score (nSPS) is 11.8. The molecule has 2 N–H and O–H groups in total. The first-order valence-electron chi connectivity index (χ1n) is 10.6. The first kappa shape index (κ1) is 22.1. The van der Waals surface area contributed by atoms with Crippen LogP contribution in [0.4, 0.5) is 0 Å². The van der Waals surface area contributed by atoms with Crippen molar-refractivity contribution in [3.05, 3.63) is 95.7 Å². The third-order valence-corrected chi connectivity index (χ3v) is 5.67. The number of hydrogen-bond donors (Lipinski definition) is 2. The quantitative estimate of drug-likeness (QED) is 0.353. The predicted octanol–water partition coefficient (Wildman–Crippen LogP) is 6.39. The fraction of sp³-hybridized carbons (Fsp3) is 0.143. The van der Waals surface area contributed by atoms with Gasteiger partial charge in [-0.15, -0.1) is 0 Å². The molecule has 5 heteroatoms. The Kier molecular flexibility index (Phi) is 5.64. The molecule has 0 aliphatic carbocycles. The van der Waals surface area contributed by atoms with Crippen LogP contribution >= 0.6 is 0 Å². The van der Waals surface area contributed by atoms with Gasteiger partial charge in [0.1, 0.15) is 5.69 Å². The van der Waals surface area contributed by atoms with Gasteiger partial charge >= 0.3 is 11.9 Å². The molecule has 0 saturated carbocycles. The number of hydrogen-bond acceptors (Lipinski definition) is 2. The average Bonchev–Trinajstić information content (AvgIpc) is 3.17. The Morgan fingerprint density at radius 1 is 0.818 bits per heavy atom. The Morgan fingerprint density at radius 2 is 1.45 bits per heavy atom. The molecule has 166 valence electrons. The van der Waals surface area contributed by atoms with E-state index < -0.39 is 11.9 Å². The van der Waals surface area contributed by atoms with Gasteiger partial charge < -0.3 is 14.8 Å². The van der Waals surface area contributed by atoms with Gasteiger partial charge in [0.15, 0.2) is 0 Å². The zero-order chi connectivity index (χ0) is 23.8. The van der Waals surface area contributed by atoms with Crippen molar-refractivity contribution in [3.8, 4) is 16.8 Å².